The molecule has 3 rings (SSSR count). The summed E-state index contributed by atoms with van der Waals surface area (Å²) in [6.45, 7) is 1.77. The number of hydrogen-bond acceptors (Lipinski definition) is 4. The fraction of sp³-hybridized carbons (Fsp3) is 0.111. The zero-order valence-electron chi connectivity index (χ0n) is 14.3. The van der Waals surface area contributed by atoms with Crippen molar-refractivity contribution in [2.24, 2.45) is 0 Å². The first kappa shape index (κ1) is 19.6. The number of carbonyl (C=O) groups excluding carboxylic acids is 1. The maximum atomic E-state index is 12.6. The predicted octanol–water partition coefficient (Wildman–Crippen LogP) is 2.90. The van der Waals surface area contributed by atoms with Crippen LogP contribution in [-0.2, 0) is 16.2 Å². The van der Waals surface area contributed by atoms with Crippen molar-refractivity contribution in [1.82, 2.24) is 8.54 Å². The highest BCUT2D eigenvalue weighted by atomic mass is 32.2. The van der Waals surface area contributed by atoms with Gasteiger partial charge in [0.05, 0.1) is 10.5 Å². The summed E-state index contributed by atoms with van der Waals surface area (Å²) in [5.41, 5.74) is -1.47. The zero-order valence-corrected chi connectivity index (χ0v) is 15.2. The SMILES string of the molecule is Cc1ccc(S(=O)(=O)n2ccn(C(=O)c3ccc(C(F)(F)F)cc3)c2=O)cc1. The lowest BCUT2D eigenvalue weighted by molar-refractivity contribution is -0.137. The number of benzene rings is 2. The van der Waals surface area contributed by atoms with Crippen LogP contribution in [0, 0.1) is 6.92 Å². The number of halogens is 3. The van der Waals surface area contributed by atoms with Crippen LogP contribution in [0.3, 0.4) is 0 Å². The molecule has 146 valence electrons. The van der Waals surface area contributed by atoms with Gasteiger partial charge < -0.3 is 0 Å². The molecule has 0 spiro atoms. The summed E-state index contributed by atoms with van der Waals surface area (Å²) in [6, 6.07) is 9.02. The van der Waals surface area contributed by atoms with Gasteiger partial charge >= 0.3 is 11.9 Å². The van der Waals surface area contributed by atoms with E-state index in [-0.39, 0.29) is 10.5 Å². The van der Waals surface area contributed by atoms with E-state index in [0.717, 1.165) is 30.1 Å². The van der Waals surface area contributed by atoms with Gasteiger partial charge in [-0.3, -0.25) is 4.79 Å². The summed E-state index contributed by atoms with van der Waals surface area (Å²) in [7, 11) is -4.23. The van der Waals surface area contributed by atoms with Crippen LogP contribution in [-0.4, -0.2) is 22.9 Å². The van der Waals surface area contributed by atoms with E-state index in [1.165, 1.54) is 12.1 Å². The van der Waals surface area contributed by atoms with Gasteiger partial charge in [-0.25, -0.2) is 17.8 Å². The fourth-order valence-electron chi connectivity index (χ4n) is 2.46. The highest BCUT2D eigenvalue weighted by Gasteiger charge is 2.30. The van der Waals surface area contributed by atoms with Gasteiger partial charge in [0.2, 0.25) is 0 Å². The van der Waals surface area contributed by atoms with Crippen molar-refractivity contribution in [2.75, 3.05) is 0 Å². The van der Waals surface area contributed by atoms with Gasteiger partial charge in [-0.05, 0) is 43.3 Å². The number of hydrogen-bond donors (Lipinski definition) is 0. The fourth-order valence-corrected chi connectivity index (χ4v) is 3.68. The molecule has 0 atom stereocenters. The van der Waals surface area contributed by atoms with Crippen molar-refractivity contribution in [1.29, 1.82) is 0 Å². The first-order chi connectivity index (χ1) is 13.0. The highest BCUT2D eigenvalue weighted by molar-refractivity contribution is 7.90. The number of nitrogens with zero attached hydrogens (tertiary/aromatic N) is 2. The third kappa shape index (κ3) is 3.50. The summed E-state index contributed by atoms with van der Waals surface area (Å²) in [6.07, 6.45) is -2.70. The molecule has 1 aromatic heterocycles. The number of carbonyl (C=O) groups is 1. The smallest absolute Gasteiger partial charge is 0.268 e. The zero-order chi connectivity index (χ0) is 20.7. The first-order valence-electron chi connectivity index (χ1n) is 7.86. The van der Waals surface area contributed by atoms with E-state index in [4.69, 9.17) is 0 Å². The van der Waals surface area contributed by atoms with E-state index in [0.29, 0.717) is 20.7 Å². The average molecular weight is 410 g/mol. The van der Waals surface area contributed by atoms with Gasteiger partial charge in [0.25, 0.3) is 15.9 Å². The molecule has 0 radical (unpaired) electrons. The third-order valence-electron chi connectivity index (χ3n) is 4.00. The lowest BCUT2D eigenvalue weighted by Crippen LogP contribution is -2.32. The number of rotatable bonds is 3. The molecule has 0 saturated carbocycles. The molecular weight excluding hydrogens is 397 g/mol. The molecule has 0 aliphatic heterocycles. The van der Waals surface area contributed by atoms with E-state index < -0.39 is 33.4 Å². The Morgan fingerprint density at radius 1 is 0.929 bits per heavy atom. The second-order valence-electron chi connectivity index (χ2n) is 5.94. The summed E-state index contributed by atoms with van der Waals surface area (Å²) in [5.74, 6) is -0.948. The second kappa shape index (κ2) is 6.79. The number of aryl methyl sites for hydroxylation is 1. The summed E-state index contributed by atoms with van der Waals surface area (Å²) < 4.78 is 64.0. The minimum absolute atomic E-state index is 0.139. The number of aromatic nitrogens is 2. The number of imidazole rings is 1. The average Bonchev–Trinajstić information content (AvgIpc) is 3.03. The second-order valence-corrected chi connectivity index (χ2v) is 7.76. The van der Waals surface area contributed by atoms with Gasteiger partial charge in [0.15, 0.2) is 0 Å². The summed E-state index contributed by atoms with van der Waals surface area (Å²) >= 11 is 0. The quantitative estimate of drug-likeness (QED) is 0.665. The Kier molecular flexibility index (Phi) is 4.76. The first-order valence-corrected chi connectivity index (χ1v) is 9.30. The van der Waals surface area contributed by atoms with Crippen LogP contribution in [0.1, 0.15) is 21.5 Å². The van der Waals surface area contributed by atoms with Crippen molar-refractivity contribution in [2.45, 2.75) is 18.0 Å². The van der Waals surface area contributed by atoms with Crippen LogP contribution in [0.15, 0.2) is 70.6 Å². The van der Waals surface area contributed by atoms with Crippen molar-refractivity contribution in [3.05, 3.63) is 88.1 Å². The predicted molar refractivity (Wildman–Crippen MR) is 93.6 cm³/mol. The van der Waals surface area contributed by atoms with Crippen molar-refractivity contribution in [3.63, 3.8) is 0 Å². The van der Waals surface area contributed by atoms with Gasteiger partial charge in [0.1, 0.15) is 0 Å². The summed E-state index contributed by atoms with van der Waals surface area (Å²) in [5, 5.41) is 0. The Bertz CT molecular complexity index is 1190. The van der Waals surface area contributed by atoms with Gasteiger partial charge in [-0.1, -0.05) is 17.7 Å². The van der Waals surface area contributed by atoms with Crippen LogP contribution >= 0.6 is 0 Å². The van der Waals surface area contributed by atoms with Gasteiger partial charge in [-0.15, -0.1) is 0 Å². The van der Waals surface area contributed by atoms with Crippen LogP contribution in [0.5, 0.6) is 0 Å². The Balaban J connectivity index is 1.98. The lowest BCUT2D eigenvalue weighted by Gasteiger charge is -2.07. The largest absolute Gasteiger partial charge is 0.416 e. The number of alkyl halides is 3. The van der Waals surface area contributed by atoms with Crippen LogP contribution in [0.2, 0.25) is 0 Å². The normalized spacial score (nSPS) is 12.1. The third-order valence-corrected chi connectivity index (χ3v) is 5.67. The maximum absolute atomic E-state index is 12.6. The molecule has 10 heteroatoms. The molecule has 0 saturated heterocycles. The Morgan fingerprint density at radius 3 is 2.04 bits per heavy atom. The van der Waals surface area contributed by atoms with Gasteiger partial charge in [-0.2, -0.15) is 17.1 Å². The standard InChI is InChI=1S/C18H13F3N2O4S/c1-12-2-8-15(9-3-12)28(26,27)23-11-10-22(17(23)25)16(24)13-4-6-14(7-5-13)18(19,20)21/h2-11H,1H3. The van der Waals surface area contributed by atoms with Crippen molar-refractivity contribution >= 4 is 15.9 Å². The minimum Gasteiger partial charge on any atom is -0.268 e. The Morgan fingerprint density at radius 2 is 1.50 bits per heavy atom. The van der Waals surface area contributed by atoms with Crippen molar-refractivity contribution < 1.29 is 26.4 Å². The molecule has 0 aliphatic carbocycles. The Labute approximate surface area is 157 Å². The van der Waals surface area contributed by atoms with E-state index in [1.54, 1.807) is 19.1 Å². The molecule has 28 heavy (non-hydrogen) atoms. The molecule has 6 nitrogen and oxygen atoms in total. The topological polar surface area (TPSA) is 78.1 Å². The molecule has 0 fully saturated rings. The molecule has 3 aromatic rings. The Hall–Kier alpha value is -3.14. The van der Waals surface area contributed by atoms with Crippen LogP contribution < -0.4 is 5.69 Å². The van der Waals surface area contributed by atoms with E-state index in [9.17, 15) is 31.2 Å². The lowest BCUT2D eigenvalue weighted by atomic mass is 10.1. The van der Waals surface area contributed by atoms with E-state index >= 15 is 0 Å². The monoisotopic (exact) mass is 410 g/mol. The van der Waals surface area contributed by atoms with Gasteiger partial charge in [0, 0.05) is 18.0 Å². The molecule has 0 aliphatic rings. The van der Waals surface area contributed by atoms with Crippen LogP contribution in [0.4, 0.5) is 13.2 Å². The molecule has 1 heterocycles. The molecule has 0 amide bonds. The highest BCUT2D eigenvalue weighted by Crippen LogP contribution is 2.29. The molecule has 0 unspecified atom stereocenters. The molecule has 0 N–H and O–H groups in total. The van der Waals surface area contributed by atoms with Crippen molar-refractivity contribution in [3.8, 4) is 0 Å². The summed E-state index contributed by atoms with van der Waals surface area (Å²) in [4.78, 5) is 24.7. The maximum Gasteiger partial charge on any atom is 0.416 e. The van der Waals surface area contributed by atoms with Crippen LogP contribution in [0.25, 0.3) is 0 Å². The van der Waals surface area contributed by atoms with E-state index in [2.05, 4.69) is 0 Å². The molecular formula is C18H13F3N2O4S. The van der Waals surface area contributed by atoms with E-state index in [1.807, 2.05) is 0 Å². The molecule has 0 bridgehead atoms. The molecule has 2 aromatic carbocycles. The minimum atomic E-state index is -4.57.